The van der Waals surface area contributed by atoms with Gasteiger partial charge in [0.1, 0.15) is 5.01 Å². The molecule has 33 heavy (non-hydrogen) atoms. The summed E-state index contributed by atoms with van der Waals surface area (Å²) in [7, 11) is 0. The Labute approximate surface area is 200 Å². The van der Waals surface area contributed by atoms with Crippen molar-refractivity contribution in [1.82, 2.24) is 20.4 Å². The van der Waals surface area contributed by atoms with Crippen LogP contribution in [-0.2, 0) is 10.2 Å². The smallest absolute Gasteiger partial charge is 0.317 e. The van der Waals surface area contributed by atoms with E-state index >= 15 is 0 Å². The molecule has 1 aromatic heterocycles. The van der Waals surface area contributed by atoms with Gasteiger partial charge >= 0.3 is 6.03 Å². The van der Waals surface area contributed by atoms with E-state index in [2.05, 4.69) is 20.8 Å². The van der Waals surface area contributed by atoms with Crippen LogP contribution in [0.25, 0.3) is 0 Å². The van der Waals surface area contributed by atoms with Gasteiger partial charge in [-0.2, -0.15) is 0 Å². The number of anilines is 1. The molecule has 4 bridgehead atoms. The molecule has 2 N–H and O–H groups in total. The Hall–Kier alpha value is -1.70. The van der Waals surface area contributed by atoms with Crippen LogP contribution in [0.2, 0.25) is 0 Å². The van der Waals surface area contributed by atoms with Gasteiger partial charge in [-0.3, -0.25) is 4.79 Å². The van der Waals surface area contributed by atoms with Crippen molar-refractivity contribution >= 4 is 28.4 Å². The normalized spacial score (nSPS) is 34.4. The highest BCUT2D eigenvalue weighted by Crippen LogP contribution is 2.61. The van der Waals surface area contributed by atoms with Crippen molar-refractivity contribution in [3.63, 3.8) is 0 Å². The Morgan fingerprint density at radius 1 is 0.879 bits per heavy atom. The number of carbonyl (C=O) groups excluding carboxylic acids is 2. The van der Waals surface area contributed by atoms with Crippen molar-refractivity contribution in [2.24, 2.45) is 23.7 Å². The Balaban J connectivity index is 1.01. The molecule has 8 heteroatoms. The number of hydrogen-bond acceptors (Lipinski definition) is 5. The fourth-order valence-corrected chi connectivity index (χ4v) is 8.89. The zero-order valence-corrected chi connectivity index (χ0v) is 20.4. The molecule has 1 aromatic rings. The minimum atomic E-state index is -0.0596. The van der Waals surface area contributed by atoms with Gasteiger partial charge in [-0.25, -0.2) is 4.79 Å². The number of amides is 3. The highest BCUT2D eigenvalue weighted by Gasteiger charge is 2.53. The predicted molar refractivity (Wildman–Crippen MR) is 128 cm³/mol. The van der Waals surface area contributed by atoms with E-state index in [9.17, 15) is 9.59 Å². The van der Waals surface area contributed by atoms with Gasteiger partial charge in [-0.05, 0) is 82.0 Å². The lowest BCUT2D eigenvalue weighted by Gasteiger charge is -2.55. The first kappa shape index (κ1) is 21.8. The third-order valence-electron chi connectivity index (χ3n) is 9.23. The number of carbonyl (C=O) groups is 2. The maximum absolute atomic E-state index is 12.9. The quantitative estimate of drug-likeness (QED) is 0.666. The van der Waals surface area contributed by atoms with Gasteiger partial charge < -0.3 is 15.5 Å². The van der Waals surface area contributed by atoms with Crippen LogP contribution < -0.4 is 10.6 Å². The molecule has 7 nitrogen and oxygen atoms in total. The van der Waals surface area contributed by atoms with Crippen molar-refractivity contribution in [2.75, 3.05) is 18.4 Å². The molecule has 5 aliphatic carbocycles. The van der Waals surface area contributed by atoms with E-state index in [1.54, 1.807) is 11.3 Å². The van der Waals surface area contributed by atoms with Crippen molar-refractivity contribution in [3.8, 4) is 0 Å². The lowest BCUT2D eigenvalue weighted by molar-refractivity contribution is -0.121. The van der Waals surface area contributed by atoms with Gasteiger partial charge in [0.15, 0.2) is 0 Å². The zero-order chi connectivity index (χ0) is 22.4. The zero-order valence-electron chi connectivity index (χ0n) is 19.6. The molecule has 3 amide bonds. The molecule has 1 saturated heterocycles. The first-order valence-electron chi connectivity index (χ1n) is 13.3. The molecule has 1 aliphatic heterocycles. The summed E-state index contributed by atoms with van der Waals surface area (Å²) >= 11 is 1.61. The van der Waals surface area contributed by atoms with Crippen LogP contribution in [0, 0.1) is 23.7 Å². The maximum Gasteiger partial charge on any atom is 0.317 e. The number of piperidine rings is 1. The lowest BCUT2D eigenvalue weighted by Crippen LogP contribution is -2.49. The van der Waals surface area contributed by atoms with Gasteiger partial charge in [0.25, 0.3) is 0 Å². The summed E-state index contributed by atoms with van der Waals surface area (Å²) in [6, 6.07) is 0.373. The van der Waals surface area contributed by atoms with E-state index in [1.807, 2.05) is 4.90 Å². The van der Waals surface area contributed by atoms with Crippen LogP contribution in [-0.4, -0.2) is 46.2 Å². The minimum Gasteiger partial charge on any atom is -0.335 e. The summed E-state index contributed by atoms with van der Waals surface area (Å²) in [4.78, 5) is 27.4. The van der Waals surface area contributed by atoms with Crippen molar-refractivity contribution in [3.05, 3.63) is 5.01 Å². The molecule has 2 heterocycles. The molecule has 5 saturated carbocycles. The van der Waals surface area contributed by atoms with Gasteiger partial charge in [0.05, 0.1) is 0 Å². The number of rotatable bonds is 4. The highest BCUT2D eigenvalue weighted by molar-refractivity contribution is 7.15. The Morgan fingerprint density at radius 3 is 2.15 bits per heavy atom. The van der Waals surface area contributed by atoms with Gasteiger partial charge in [0.2, 0.25) is 11.0 Å². The fourth-order valence-electron chi connectivity index (χ4n) is 7.93. The minimum absolute atomic E-state index is 0.0375. The lowest BCUT2D eigenvalue weighted by atomic mass is 9.50. The monoisotopic (exact) mass is 471 g/mol. The molecule has 0 unspecified atom stereocenters. The number of likely N-dealkylation sites (tertiary alicyclic amines) is 1. The first-order chi connectivity index (χ1) is 16.1. The van der Waals surface area contributed by atoms with Crippen LogP contribution in [0.1, 0.15) is 88.5 Å². The molecule has 0 aromatic carbocycles. The van der Waals surface area contributed by atoms with Crippen molar-refractivity contribution < 1.29 is 9.59 Å². The third-order valence-corrected chi connectivity index (χ3v) is 10.3. The van der Waals surface area contributed by atoms with Gasteiger partial charge in [0, 0.05) is 30.5 Å². The van der Waals surface area contributed by atoms with E-state index in [0.29, 0.717) is 37.1 Å². The molecular formula is C25H37N5O2S. The summed E-state index contributed by atoms with van der Waals surface area (Å²) < 4.78 is 0. The standard InChI is InChI=1S/C25H37N5O2S/c31-21(19-6-8-30(9-7-19)24(32)26-20-4-2-1-3-5-20)27-23-29-28-22(33-23)25-13-16-10-17(14-25)12-18(11-16)15-25/h16-20H,1-15H2,(H,26,32)(H,27,29,31). The average Bonchev–Trinajstić information content (AvgIpc) is 3.28. The third kappa shape index (κ3) is 4.40. The van der Waals surface area contributed by atoms with Gasteiger partial charge in [-0.1, -0.05) is 30.6 Å². The second kappa shape index (κ2) is 8.82. The van der Waals surface area contributed by atoms with Crippen molar-refractivity contribution in [2.45, 2.75) is 94.9 Å². The van der Waals surface area contributed by atoms with Crippen LogP contribution in [0.5, 0.6) is 0 Å². The molecule has 180 valence electrons. The van der Waals surface area contributed by atoms with Crippen LogP contribution >= 0.6 is 11.3 Å². The summed E-state index contributed by atoms with van der Waals surface area (Å²) in [6.45, 7) is 1.29. The summed E-state index contributed by atoms with van der Waals surface area (Å²) in [6.07, 6.45) is 15.4. The van der Waals surface area contributed by atoms with Crippen LogP contribution in [0.3, 0.4) is 0 Å². The second-order valence-electron chi connectivity index (χ2n) is 11.6. The molecular weight excluding hydrogens is 434 g/mol. The molecule has 0 spiro atoms. The summed E-state index contributed by atoms with van der Waals surface area (Å²) in [5.74, 6) is 2.60. The van der Waals surface area contributed by atoms with E-state index in [4.69, 9.17) is 0 Å². The van der Waals surface area contributed by atoms with E-state index < -0.39 is 0 Å². The fraction of sp³-hybridized carbons (Fsp3) is 0.840. The highest BCUT2D eigenvalue weighted by atomic mass is 32.1. The van der Waals surface area contributed by atoms with Crippen LogP contribution in [0.4, 0.5) is 9.93 Å². The number of nitrogens with zero attached hydrogens (tertiary/aromatic N) is 3. The van der Waals surface area contributed by atoms with E-state index in [0.717, 1.165) is 35.6 Å². The second-order valence-corrected chi connectivity index (χ2v) is 12.6. The number of urea groups is 1. The SMILES string of the molecule is O=C(Nc1nnc(C23CC4CC(CC(C4)C2)C3)s1)C1CCN(C(=O)NC2CCCCC2)CC1. The first-order valence-corrected chi connectivity index (χ1v) is 14.1. The Kier molecular flexibility index (Phi) is 5.83. The Morgan fingerprint density at radius 2 is 1.52 bits per heavy atom. The average molecular weight is 472 g/mol. The number of aromatic nitrogens is 2. The molecule has 0 atom stereocenters. The van der Waals surface area contributed by atoms with E-state index in [1.165, 1.54) is 57.8 Å². The number of nitrogens with one attached hydrogen (secondary N) is 2. The summed E-state index contributed by atoms with van der Waals surface area (Å²) in [5, 5.41) is 17.0. The van der Waals surface area contributed by atoms with Crippen LogP contribution in [0.15, 0.2) is 0 Å². The largest absolute Gasteiger partial charge is 0.335 e. The predicted octanol–water partition coefficient (Wildman–Crippen LogP) is 4.70. The summed E-state index contributed by atoms with van der Waals surface area (Å²) in [5.41, 5.74) is 0.229. The molecule has 7 rings (SSSR count). The van der Waals surface area contributed by atoms with E-state index in [-0.39, 0.29) is 23.3 Å². The molecule has 6 aliphatic rings. The number of hydrogen-bond donors (Lipinski definition) is 2. The molecule has 0 radical (unpaired) electrons. The van der Waals surface area contributed by atoms with Crippen molar-refractivity contribution in [1.29, 1.82) is 0 Å². The topological polar surface area (TPSA) is 87.2 Å². The molecule has 6 fully saturated rings. The Bertz CT molecular complexity index is 852. The van der Waals surface area contributed by atoms with Gasteiger partial charge in [-0.15, -0.1) is 10.2 Å². The maximum atomic E-state index is 12.9.